The van der Waals surface area contributed by atoms with Crippen LogP contribution < -0.4 is 5.63 Å². The maximum atomic E-state index is 11.3. The SMILES string of the molecule is [N-]=[N+]=NCc1cc(=O)oc2c(C=O)c(O)ccc12. The van der Waals surface area contributed by atoms with Crippen molar-refractivity contribution in [1.82, 2.24) is 0 Å². The Kier molecular flexibility index (Phi) is 2.99. The molecule has 18 heavy (non-hydrogen) atoms. The van der Waals surface area contributed by atoms with E-state index in [9.17, 15) is 14.7 Å². The fourth-order valence-electron chi connectivity index (χ4n) is 1.65. The van der Waals surface area contributed by atoms with Gasteiger partial charge in [0.15, 0.2) is 11.9 Å². The highest BCUT2D eigenvalue weighted by Gasteiger charge is 2.12. The van der Waals surface area contributed by atoms with Gasteiger partial charge < -0.3 is 9.52 Å². The summed E-state index contributed by atoms with van der Waals surface area (Å²) in [5.74, 6) is -0.276. The Morgan fingerprint density at radius 2 is 2.28 bits per heavy atom. The van der Waals surface area contributed by atoms with Crippen molar-refractivity contribution in [3.63, 3.8) is 0 Å². The van der Waals surface area contributed by atoms with Crippen molar-refractivity contribution >= 4 is 17.3 Å². The molecule has 2 rings (SSSR count). The number of phenols is 1. The minimum absolute atomic E-state index is 0.0133. The predicted octanol–water partition coefficient (Wildman–Crippen LogP) is 2.12. The zero-order valence-corrected chi connectivity index (χ0v) is 9.03. The average molecular weight is 245 g/mol. The van der Waals surface area contributed by atoms with Crippen LogP contribution in [-0.4, -0.2) is 11.4 Å². The molecule has 0 amide bonds. The summed E-state index contributed by atoms with van der Waals surface area (Å²) in [5.41, 5.74) is 7.91. The molecule has 0 aliphatic heterocycles. The number of aromatic hydroxyl groups is 1. The molecule has 0 saturated heterocycles. The standard InChI is InChI=1S/C11H7N3O4/c12-14-13-4-6-3-10(17)18-11-7(6)1-2-9(16)8(11)5-15/h1-3,5,16H,4H2. The molecule has 1 aromatic carbocycles. The van der Waals surface area contributed by atoms with E-state index in [0.29, 0.717) is 17.2 Å². The molecule has 0 unspecified atom stereocenters. The molecule has 0 atom stereocenters. The lowest BCUT2D eigenvalue weighted by Gasteiger charge is -2.05. The van der Waals surface area contributed by atoms with E-state index in [0.717, 1.165) is 0 Å². The number of hydrogen-bond acceptors (Lipinski definition) is 5. The first-order valence-corrected chi connectivity index (χ1v) is 4.92. The van der Waals surface area contributed by atoms with Gasteiger partial charge >= 0.3 is 5.63 Å². The smallest absolute Gasteiger partial charge is 0.336 e. The fourth-order valence-corrected chi connectivity index (χ4v) is 1.65. The van der Waals surface area contributed by atoms with E-state index < -0.39 is 5.63 Å². The Balaban J connectivity index is 2.85. The summed E-state index contributed by atoms with van der Waals surface area (Å²) in [6.07, 6.45) is 0.401. The minimum atomic E-state index is -0.681. The van der Waals surface area contributed by atoms with Gasteiger partial charge in [0.25, 0.3) is 0 Å². The Hall–Kier alpha value is -2.79. The monoisotopic (exact) mass is 245 g/mol. The van der Waals surface area contributed by atoms with Crippen LogP contribution in [0.3, 0.4) is 0 Å². The third-order valence-corrected chi connectivity index (χ3v) is 2.44. The van der Waals surface area contributed by atoms with Gasteiger partial charge in [-0.2, -0.15) is 0 Å². The number of aldehydes is 1. The Morgan fingerprint density at radius 1 is 1.50 bits per heavy atom. The first-order chi connectivity index (χ1) is 8.67. The molecule has 1 heterocycles. The third kappa shape index (κ3) is 1.90. The van der Waals surface area contributed by atoms with Crippen LogP contribution >= 0.6 is 0 Å². The summed E-state index contributed by atoms with van der Waals surface area (Å²) in [6.45, 7) is -0.0400. The van der Waals surface area contributed by atoms with Crippen molar-refractivity contribution in [1.29, 1.82) is 0 Å². The topological polar surface area (TPSA) is 116 Å². The average Bonchev–Trinajstić information content (AvgIpc) is 2.35. The van der Waals surface area contributed by atoms with E-state index >= 15 is 0 Å². The molecule has 0 radical (unpaired) electrons. The van der Waals surface area contributed by atoms with E-state index in [1.807, 2.05) is 0 Å². The maximum absolute atomic E-state index is 11.3. The van der Waals surface area contributed by atoms with Crippen LogP contribution in [0.4, 0.5) is 0 Å². The predicted molar refractivity (Wildman–Crippen MR) is 62.4 cm³/mol. The van der Waals surface area contributed by atoms with E-state index in [-0.39, 0.29) is 23.4 Å². The quantitative estimate of drug-likeness (QED) is 0.293. The number of rotatable bonds is 3. The van der Waals surface area contributed by atoms with Gasteiger partial charge in [-0.15, -0.1) is 0 Å². The number of fused-ring (bicyclic) bond motifs is 1. The van der Waals surface area contributed by atoms with Crippen molar-refractivity contribution in [3.8, 4) is 5.75 Å². The highest BCUT2D eigenvalue weighted by atomic mass is 16.4. The van der Waals surface area contributed by atoms with Gasteiger partial charge in [-0.25, -0.2) is 4.79 Å². The van der Waals surface area contributed by atoms with Gasteiger partial charge in [0, 0.05) is 16.4 Å². The molecule has 1 N–H and O–H groups in total. The van der Waals surface area contributed by atoms with E-state index in [4.69, 9.17) is 9.95 Å². The third-order valence-electron chi connectivity index (χ3n) is 2.44. The molecule has 1 aromatic heterocycles. The number of phenolic OH excluding ortho intramolecular Hbond substituents is 1. The zero-order valence-electron chi connectivity index (χ0n) is 9.03. The van der Waals surface area contributed by atoms with Gasteiger partial charge in [0.05, 0.1) is 12.1 Å². The molecule has 2 aromatic rings. The first-order valence-electron chi connectivity index (χ1n) is 4.92. The van der Waals surface area contributed by atoms with Crippen molar-refractivity contribution < 1.29 is 14.3 Å². The minimum Gasteiger partial charge on any atom is -0.507 e. The molecule has 7 nitrogen and oxygen atoms in total. The van der Waals surface area contributed by atoms with Gasteiger partial charge in [-0.3, -0.25) is 4.79 Å². The van der Waals surface area contributed by atoms with Crippen LogP contribution in [0.15, 0.2) is 32.5 Å². The van der Waals surface area contributed by atoms with Gasteiger partial charge in [0.1, 0.15) is 5.75 Å². The molecule has 0 saturated carbocycles. The van der Waals surface area contributed by atoms with Gasteiger partial charge in [-0.05, 0) is 23.2 Å². The zero-order chi connectivity index (χ0) is 13.1. The molecule has 7 heteroatoms. The highest BCUT2D eigenvalue weighted by molar-refractivity contribution is 5.98. The number of hydrogen-bond donors (Lipinski definition) is 1. The lowest BCUT2D eigenvalue weighted by atomic mass is 10.1. The molecule has 0 bridgehead atoms. The van der Waals surface area contributed by atoms with Crippen LogP contribution in [-0.2, 0) is 6.54 Å². The second kappa shape index (κ2) is 4.60. The Labute approximate surface area is 99.9 Å². The lowest BCUT2D eigenvalue weighted by Crippen LogP contribution is -2.01. The summed E-state index contributed by atoms with van der Waals surface area (Å²) in [7, 11) is 0. The molecular weight excluding hydrogens is 238 g/mol. The summed E-state index contributed by atoms with van der Waals surface area (Å²) >= 11 is 0. The molecular formula is C11H7N3O4. The van der Waals surface area contributed by atoms with Crippen molar-refractivity contribution in [2.24, 2.45) is 5.11 Å². The van der Waals surface area contributed by atoms with Crippen LogP contribution in [0, 0.1) is 0 Å². The number of carbonyl (C=O) groups excluding carboxylic acids is 1. The second-order valence-corrected chi connectivity index (χ2v) is 3.47. The van der Waals surface area contributed by atoms with Crippen molar-refractivity contribution in [3.05, 3.63) is 50.2 Å². The first kappa shape index (κ1) is 11.7. The van der Waals surface area contributed by atoms with Gasteiger partial charge in [-0.1, -0.05) is 5.11 Å². The fraction of sp³-hybridized carbons (Fsp3) is 0.0909. The Bertz CT molecular complexity index is 729. The Morgan fingerprint density at radius 3 is 2.94 bits per heavy atom. The largest absolute Gasteiger partial charge is 0.507 e. The van der Waals surface area contributed by atoms with Crippen LogP contribution in [0.5, 0.6) is 5.75 Å². The number of nitrogens with zero attached hydrogens (tertiary/aromatic N) is 3. The normalized spacial score (nSPS) is 10.0. The molecule has 0 spiro atoms. The summed E-state index contributed by atoms with van der Waals surface area (Å²) in [5, 5.41) is 13.3. The van der Waals surface area contributed by atoms with Gasteiger partial charge in [0.2, 0.25) is 0 Å². The van der Waals surface area contributed by atoms with Crippen molar-refractivity contribution in [2.45, 2.75) is 6.54 Å². The summed E-state index contributed by atoms with van der Waals surface area (Å²) < 4.78 is 4.90. The van der Waals surface area contributed by atoms with E-state index in [1.54, 1.807) is 0 Å². The molecule has 0 aliphatic carbocycles. The molecule has 0 aliphatic rings. The molecule has 90 valence electrons. The van der Waals surface area contributed by atoms with Crippen LogP contribution in [0.25, 0.3) is 21.4 Å². The summed E-state index contributed by atoms with van der Waals surface area (Å²) in [6, 6.07) is 3.98. The number of benzene rings is 1. The second-order valence-electron chi connectivity index (χ2n) is 3.47. The molecule has 0 fully saturated rings. The van der Waals surface area contributed by atoms with Crippen molar-refractivity contribution in [2.75, 3.05) is 0 Å². The number of carbonyl (C=O) groups is 1. The van der Waals surface area contributed by atoms with Crippen LogP contribution in [0.2, 0.25) is 0 Å². The van der Waals surface area contributed by atoms with Crippen LogP contribution in [0.1, 0.15) is 15.9 Å². The maximum Gasteiger partial charge on any atom is 0.336 e. The van der Waals surface area contributed by atoms with E-state index in [1.165, 1.54) is 18.2 Å². The van der Waals surface area contributed by atoms with E-state index in [2.05, 4.69) is 10.0 Å². The lowest BCUT2D eigenvalue weighted by molar-refractivity contribution is 0.112. The highest BCUT2D eigenvalue weighted by Crippen LogP contribution is 2.27. The summed E-state index contributed by atoms with van der Waals surface area (Å²) in [4.78, 5) is 24.8. The number of azide groups is 1.